The molecule has 2 N–H and O–H groups in total. The maximum absolute atomic E-state index is 5.96. The van der Waals surface area contributed by atoms with Crippen molar-refractivity contribution in [2.45, 2.75) is 38.6 Å². The minimum Gasteiger partial charge on any atom is -0.327 e. The van der Waals surface area contributed by atoms with Crippen molar-refractivity contribution in [2.75, 3.05) is 0 Å². The fourth-order valence-electron chi connectivity index (χ4n) is 2.15. The zero-order valence-corrected chi connectivity index (χ0v) is 8.38. The molecule has 0 spiro atoms. The molecule has 1 aromatic rings. The van der Waals surface area contributed by atoms with E-state index in [9.17, 15) is 0 Å². The van der Waals surface area contributed by atoms with Gasteiger partial charge in [-0.25, -0.2) is 0 Å². The number of hydrogen-bond donors (Lipinski definition) is 1. The molecule has 1 saturated carbocycles. The second kappa shape index (κ2) is 3.15. The normalized spacial score (nSPS) is 27.0. The Hall–Kier alpha value is -0.820. The first-order valence-electron chi connectivity index (χ1n) is 5.01. The number of benzene rings is 1. The monoisotopic (exact) mass is 175 g/mol. The lowest BCUT2D eigenvalue weighted by molar-refractivity contribution is 0.345. The van der Waals surface area contributed by atoms with Crippen LogP contribution in [-0.2, 0) is 0 Å². The summed E-state index contributed by atoms with van der Waals surface area (Å²) in [5, 5.41) is 0. The molecule has 0 amide bonds. The molecular weight excluding hydrogens is 158 g/mol. The van der Waals surface area contributed by atoms with Crippen molar-refractivity contribution >= 4 is 0 Å². The third-order valence-corrected chi connectivity index (χ3v) is 3.15. The van der Waals surface area contributed by atoms with Gasteiger partial charge in [-0.1, -0.05) is 23.8 Å². The van der Waals surface area contributed by atoms with E-state index in [1.165, 1.54) is 29.5 Å². The first kappa shape index (κ1) is 8.76. The summed E-state index contributed by atoms with van der Waals surface area (Å²) >= 11 is 0. The van der Waals surface area contributed by atoms with Crippen LogP contribution in [0.15, 0.2) is 18.2 Å². The topological polar surface area (TPSA) is 26.0 Å². The van der Waals surface area contributed by atoms with Crippen LogP contribution in [0.2, 0.25) is 0 Å². The lowest BCUT2D eigenvalue weighted by atomic mass is 9.74. The summed E-state index contributed by atoms with van der Waals surface area (Å²) in [6, 6.07) is 7.09. The molecule has 0 saturated heterocycles. The van der Waals surface area contributed by atoms with Crippen LogP contribution in [0.1, 0.15) is 35.4 Å². The quantitative estimate of drug-likeness (QED) is 0.697. The molecule has 70 valence electrons. The van der Waals surface area contributed by atoms with Gasteiger partial charge in [0.25, 0.3) is 0 Å². The molecule has 1 aliphatic carbocycles. The van der Waals surface area contributed by atoms with E-state index in [0.717, 1.165) is 0 Å². The summed E-state index contributed by atoms with van der Waals surface area (Å²) in [7, 11) is 0. The molecule has 2 unspecified atom stereocenters. The van der Waals surface area contributed by atoms with Gasteiger partial charge >= 0.3 is 0 Å². The van der Waals surface area contributed by atoms with E-state index in [2.05, 4.69) is 32.0 Å². The third-order valence-electron chi connectivity index (χ3n) is 3.15. The summed E-state index contributed by atoms with van der Waals surface area (Å²) in [6.07, 6.45) is 2.46. The van der Waals surface area contributed by atoms with Crippen molar-refractivity contribution < 1.29 is 0 Å². The highest BCUT2D eigenvalue weighted by Gasteiger charge is 2.29. The maximum atomic E-state index is 5.96. The van der Waals surface area contributed by atoms with E-state index < -0.39 is 0 Å². The fourth-order valence-corrected chi connectivity index (χ4v) is 2.15. The molecule has 0 bridgehead atoms. The lowest BCUT2D eigenvalue weighted by Crippen LogP contribution is -2.37. The zero-order chi connectivity index (χ0) is 9.42. The van der Waals surface area contributed by atoms with Crippen molar-refractivity contribution in [1.29, 1.82) is 0 Å². The average Bonchev–Trinajstić information content (AvgIpc) is 2.07. The van der Waals surface area contributed by atoms with Crippen molar-refractivity contribution in [1.82, 2.24) is 0 Å². The molecule has 13 heavy (non-hydrogen) atoms. The van der Waals surface area contributed by atoms with Gasteiger partial charge in [-0.15, -0.1) is 0 Å². The number of nitrogens with two attached hydrogens (primary N) is 1. The summed E-state index contributed by atoms with van der Waals surface area (Å²) in [5.74, 6) is 0.626. The first-order chi connectivity index (χ1) is 6.18. The van der Waals surface area contributed by atoms with Gasteiger partial charge in [0.05, 0.1) is 0 Å². The van der Waals surface area contributed by atoms with Gasteiger partial charge < -0.3 is 5.73 Å². The summed E-state index contributed by atoms with van der Waals surface area (Å²) < 4.78 is 0. The molecule has 1 aliphatic rings. The maximum Gasteiger partial charge on any atom is 0.0108 e. The van der Waals surface area contributed by atoms with Crippen LogP contribution in [0, 0.1) is 13.8 Å². The second-order valence-electron chi connectivity index (χ2n) is 4.21. The number of aryl methyl sites for hydroxylation is 2. The summed E-state index contributed by atoms with van der Waals surface area (Å²) in [4.78, 5) is 0. The highest BCUT2D eigenvalue weighted by atomic mass is 14.7. The van der Waals surface area contributed by atoms with Crippen LogP contribution in [0.5, 0.6) is 0 Å². The van der Waals surface area contributed by atoms with Crippen LogP contribution in [0.25, 0.3) is 0 Å². The predicted molar refractivity (Wildman–Crippen MR) is 55.9 cm³/mol. The van der Waals surface area contributed by atoms with Gasteiger partial charge in [0.15, 0.2) is 0 Å². The lowest BCUT2D eigenvalue weighted by Gasteiger charge is -2.35. The van der Waals surface area contributed by atoms with Gasteiger partial charge in [-0.2, -0.15) is 0 Å². The zero-order valence-electron chi connectivity index (χ0n) is 8.38. The standard InChI is InChI=1S/C12H17N/c1-8-3-4-10(9(2)7-8)11-5-6-12(11)13/h3-4,7,11-12H,5-6,13H2,1-2H3. The van der Waals surface area contributed by atoms with E-state index in [0.29, 0.717) is 12.0 Å². The SMILES string of the molecule is Cc1ccc(C2CCC2N)c(C)c1. The van der Waals surface area contributed by atoms with Crippen molar-refractivity contribution in [2.24, 2.45) is 5.73 Å². The molecule has 2 atom stereocenters. The Kier molecular flexibility index (Phi) is 2.12. The molecule has 1 fully saturated rings. The fraction of sp³-hybridized carbons (Fsp3) is 0.500. The van der Waals surface area contributed by atoms with Crippen LogP contribution in [0.4, 0.5) is 0 Å². The third kappa shape index (κ3) is 1.49. The van der Waals surface area contributed by atoms with Gasteiger partial charge in [0.1, 0.15) is 0 Å². The van der Waals surface area contributed by atoms with E-state index in [1.807, 2.05) is 0 Å². The van der Waals surface area contributed by atoms with Gasteiger partial charge in [0, 0.05) is 6.04 Å². The number of hydrogen-bond acceptors (Lipinski definition) is 1. The Morgan fingerprint density at radius 2 is 2.00 bits per heavy atom. The van der Waals surface area contributed by atoms with E-state index in [-0.39, 0.29) is 0 Å². The van der Waals surface area contributed by atoms with Crippen molar-refractivity contribution in [3.8, 4) is 0 Å². The molecule has 1 nitrogen and oxygen atoms in total. The van der Waals surface area contributed by atoms with Crippen molar-refractivity contribution in [3.05, 3.63) is 34.9 Å². The molecular formula is C12H17N. The molecule has 1 aromatic carbocycles. The summed E-state index contributed by atoms with van der Waals surface area (Å²) in [6.45, 7) is 4.32. The minimum atomic E-state index is 0.404. The molecule has 2 rings (SSSR count). The van der Waals surface area contributed by atoms with E-state index >= 15 is 0 Å². The number of rotatable bonds is 1. The van der Waals surface area contributed by atoms with Gasteiger partial charge in [0.2, 0.25) is 0 Å². The van der Waals surface area contributed by atoms with Crippen molar-refractivity contribution in [3.63, 3.8) is 0 Å². The van der Waals surface area contributed by atoms with Crippen LogP contribution >= 0.6 is 0 Å². The highest BCUT2D eigenvalue weighted by molar-refractivity contribution is 5.35. The highest BCUT2D eigenvalue weighted by Crippen LogP contribution is 2.37. The molecule has 1 heteroatoms. The predicted octanol–water partition coefficient (Wildman–Crippen LogP) is 2.51. The Morgan fingerprint density at radius 1 is 1.23 bits per heavy atom. The molecule has 0 aromatic heterocycles. The van der Waals surface area contributed by atoms with Crippen LogP contribution < -0.4 is 5.73 Å². The van der Waals surface area contributed by atoms with Crippen LogP contribution in [-0.4, -0.2) is 6.04 Å². The smallest absolute Gasteiger partial charge is 0.0108 e. The van der Waals surface area contributed by atoms with Crippen LogP contribution in [0.3, 0.4) is 0 Å². The molecule has 0 aliphatic heterocycles. The Morgan fingerprint density at radius 3 is 2.46 bits per heavy atom. The first-order valence-corrected chi connectivity index (χ1v) is 5.01. The average molecular weight is 175 g/mol. The Bertz CT molecular complexity index is 317. The Balaban J connectivity index is 2.30. The van der Waals surface area contributed by atoms with Gasteiger partial charge in [-0.05, 0) is 43.7 Å². The largest absolute Gasteiger partial charge is 0.327 e. The minimum absolute atomic E-state index is 0.404. The molecule has 0 radical (unpaired) electrons. The summed E-state index contributed by atoms with van der Waals surface area (Å²) in [5.41, 5.74) is 10.2. The Labute approximate surface area is 80.0 Å². The van der Waals surface area contributed by atoms with E-state index in [4.69, 9.17) is 5.73 Å². The molecule has 0 heterocycles. The van der Waals surface area contributed by atoms with Gasteiger partial charge in [-0.3, -0.25) is 0 Å². The second-order valence-corrected chi connectivity index (χ2v) is 4.21. The van der Waals surface area contributed by atoms with E-state index in [1.54, 1.807) is 0 Å².